The van der Waals surface area contributed by atoms with Crippen molar-refractivity contribution in [1.82, 2.24) is 31.2 Å². The molecule has 3 aliphatic heterocycles. The van der Waals surface area contributed by atoms with E-state index in [-0.39, 0.29) is 23.8 Å². The highest BCUT2D eigenvalue weighted by molar-refractivity contribution is 5.89. The molecule has 1 aromatic carbocycles. The first kappa shape index (κ1) is 17.3. The van der Waals surface area contributed by atoms with Crippen molar-refractivity contribution in [3.05, 3.63) is 47.7 Å². The second kappa shape index (κ2) is 6.99. The van der Waals surface area contributed by atoms with Gasteiger partial charge in [0.2, 0.25) is 17.6 Å². The zero-order valence-corrected chi connectivity index (χ0v) is 15.2. The number of hydrazine groups is 1. The highest BCUT2D eigenvalue weighted by Crippen LogP contribution is 2.35. The molecule has 2 fully saturated rings. The summed E-state index contributed by atoms with van der Waals surface area (Å²) in [5.74, 6) is 0.452. The number of rotatable bonds is 3. The van der Waals surface area contributed by atoms with E-state index < -0.39 is 0 Å². The topological polar surface area (TPSA) is 95.3 Å². The van der Waals surface area contributed by atoms with Crippen LogP contribution in [0.15, 0.2) is 40.6 Å². The van der Waals surface area contributed by atoms with Gasteiger partial charge < -0.3 is 15.2 Å². The fourth-order valence-electron chi connectivity index (χ4n) is 4.18. The summed E-state index contributed by atoms with van der Waals surface area (Å²) < 4.78 is 19.0. The van der Waals surface area contributed by atoms with E-state index in [1.165, 1.54) is 12.1 Å². The number of fused-ring (bicyclic) bond motifs is 1. The van der Waals surface area contributed by atoms with Crippen LogP contribution in [0.2, 0.25) is 0 Å². The number of nitrogens with zero attached hydrogens (tertiary/aromatic N) is 3. The molecule has 1 aromatic heterocycles. The molecular formula is C19H21FN6O2. The number of allylic oxidation sites excluding steroid dienone is 1. The Morgan fingerprint density at radius 3 is 2.93 bits per heavy atom. The Kier molecular flexibility index (Phi) is 4.33. The van der Waals surface area contributed by atoms with Gasteiger partial charge in [-0.2, -0.15) is 4.98 Å². The lowest BCUT2D eigenvalue weighted by atomic mass is 9.92. The average molecular weight is 384 g/mol. The van der Waals surface area contributed by atoms with Gasteiger partial charge in [-0.25, -0.2) is 9.82 Å². The number of carbonyl (C=O) groups is 1. The zero-order valence-electron chi connectivity index (χ0n) is 15.2. The van der Waals surface area contributed by atoms with Crippen LogP contribution < -0.4 is 16.1 Å². The number of benzene rings is 1. The summed E-state index contributed by atoms with van der Waals surface area (Å²) in [5, 5.41) is 12.4. The van der Waals surface area contributed by atoms with Gasteiger partial charge in [0.1, 0.15) is 12.0 Å². The number of hydrogen-bond acceptors (Lipinski definition) is 7. The lowest BCUT2D eigenvalue weighted by Crippen LogP contribution is -2.53. The van der Waals surface area contributed by atoms with Crippen LogP contribution in [-0.4, -0.2) is 46.9 Å². The molecule has 2 saturated heterocycles. The molecule has 0 radical (unpaired) electrons. The molecule has 0 saturated carbocycles. The predicted molar refractivity (Wildman–Crippen MR) is 97.9 cm³/mol. The summed E-state index contributed by atoms with van der Waals surface area (Å²) in [5.41, 5.74) is 4.95. The molecule has 8 nitrogen and oxygen atoms in total. The van der Waals surface area contributed by atoms with Gasteiger partial charge >= 0.3 is 0 Å². The van der Waals surface area contributed by atoms with Crippen molar-refractivity contribution < 1.29 is 13.7 Å². The molecule has 9 heteroatoms. The molecule has 3 aliphatic rings. The fourth-order valence-corrected chi connectivity index (χ4v) is 4.18. The van der Waals surface area contributed by atoms with Crippen LogP contribution in [0.5, 0.6) is 0 Å². The van der Waals surface area contributed by atoms with Crippen LogP contribution in [0.25, 0.3) is 11.4 Å². The first-order chi connectivity index (χ1) is 13.7. The van der Waals surface area contributed by atoms with Gasteiger partial charge in [0, 0.05) is 29.8 Å². The lowest BCUT2D eigenvalue weighted by molar-refractivity contribution is -0.119. The van der Waals surface area contributed by atoms with Gasteiger partial charge in [0.25, 0.3) is 0 Å². The quantitative estimate of drug-likeness (QED) is 0.730. The van der Waals surface area contributed by atoms with Crippen molar-refractivity contribution in [3.63, 3.8) is 0 Å². The van der Waals surface area contributed by atoms with E-state index in [9.17, 15) is 9.18 Å². The third-order valence-electron chi connectivity index (χ3n) is 5.59. The number of hydrogen-bond donors (Lipinski definition) is 3. The van der Waals surface area contributed by atoms with Gasteiger partial charge in [-0.3, -0.25) is 9.80 Å². The summed E-state index contributed by atoms with van der Waals surface area (Å²) >= 11 is 0. The summed E-state index contributed by atoms with van der Waals surface area (Å²) in [4.78, 5) is 16.8. The van der Waals surface area contributed by atoms with E-state index >= 15 is 0 Å². The van der Waals surface area contributed by atoms with Crippen molar-refractivity contribution in [3.8, 4) is 11.4 Å². The van der Waals surface area contributed by atoms with Crippen LogP contribution in [0.1, 0.15) is 24.7 Å². The second-order valence-electron chi connectivity index (χ2n) is 7.35. The molecule has 0 aliphatic carbocycles. The van der Waals surface area contributed by atoms with Gasteiger partial charge in [-0.05, 0) is 38.1 Å². The molecule has 0 spiro atoms. The highest BCUT2D eigenvalue weighted by atomic mass is 19.1. The first-order valence-electron chi connectivity index (χ1n) is 9.54. The van der Waals surface area contributed by atoms with Gasteiger partial charge in [0.15, 0.2) is 0 Å². The maximum Gasteiger partial charge on any atom is 0.247 e. The average Bonchev–Trinajstić information content (AvgIpc) is 3.35. The van der Waals surface area contributed by atoms with Crippen LogP contribution in [0, 0.1) is 11.7 Å². The number of aromatic nitrogens is 2. The Bertz CT molecular complexity index is 923. The molecule has 1 amide bonds. The van der Waals surface area contributed by atoms with Crippen molar-refractivity contribution in [2.24, 2.45) is 5.92 Å². The van der Waals surface area contributed by atoms with E-state index in [1.54, 1.807) is 18.2 Å². The number of nitrogens with one attached hydrogen (secondary N) is 3. The maximum atomic E-state index is 13.5. The van der Waals surface area contributed by atoms with Crippen LogP contribution >= 0.6 is 0 Å². The minimum Gasteiger partial charge on any atom is -0.338 e. The van der Waals surface area contributed by atoms with Crippen LogP contribution in [0.3, 0.4) is 0 Å². The Hall–Kier alpha value is -2.78. The van der Waals surface area contributed by atoms with Gasteiger partial charge in [-0.15, -0.1) is 0 Å². The second-order valence-corrected chi connectivity index (χ2v) is 7.35. The molecule has 3 N–H and O–H groups in total. The normalized spacial score (nSPS) is 25.4. The molecule has 28 heavy (non-hydrogen) atoms. The number of amides is 1. The Labute approximate surface area is 161 Å². The fraction of sp³-hybridized carbons (Fsp3) is 0.421. The Morgan fingerprint density at radius 2 is 2.11 bits per heavy atom. The molecule has 2 unspecified atom stereocenters. The largest absolute Gasteiger partial charge is 0.338 e. The van der Waals surface area contributed by atoms with E-state index in [1.807, 2.05) is 5.01 Å². The first-order valence-corrected chi connectivity index (χ1v) is 9.54. The number of piperidine rings is 1. The Morgan fingerprint density at radius 1 is 1.25 bits per heavy atom. The molecule has 2 aromatic rings. The van der Waals surface area contributed by atoms with E-state index in [4.69, 9.17) is 4.52 Å². The highest BCUT2D eigenvalue weighted by Gasteiger charge is 2.44. The maximum absolute atomic E-state index is 13.5. The van der Waals surface area contributed by atoms with E-state index in [2.05, 4.69) is 26.2 Å². The standard InChI is InChI=1S/C19H21FN6O2/c20-13-3-1-2-12(8-13)17-24-19(28-25-17)14-10-22-26-15(9-16(27)23-18(14)26)11-4-6-21-7-5-11/h1-3,8-9,11,14,18,21-22H,4-7,10H2,(H,23,27). The van der Waals surface area contributed by atoms with E-state index in [0.29, 0.717) is 29.7 Å². The minimum atomic E-state index is -0.353. The summed E-state index contributed by atoms with van der Waals surface area (Å²) in [7, 11) is 0. The number of halogens is 1. The van der Waals surface area contributed by atoms with Gasteiger partial charge in [-0.1, -0.05) is 17.3 Å². The van der Waals surface area contributed by atoms with Crippen LogP contribution in [-0.2, 0) is 4.79 Å². The summed E-state index contributed by atoms with van der Waals surface area (Å²) in [6.45, 7) is 2.47. The SMILES string of the molecule is O=C1C=C(C2CCNCC2)N2NCC(c3nc(-c4cccc(F)c4)no3)C2N1. The third-order valence-corrected chi connectivity index (χ3v) is 5.59. The minimum absolute atomic E-state index is 0.103. The van der Waals surface area contributed by atoms with Crippen molar-refractivity contribution in [2.75, 3.05) is 19.6 Å². The zero-order chi connectivity index (χ0) is 19.1. The molecule has 2 atom stereocenters. The van der Waals surface area contributed by atoms with Crippen LogP contribution in [0.4, 0.5) is 4.39 Å². The molecule has 5 rings (SSSR count). The summed E-state index contributed by atoms with van der Waals surface area (Å²) in [6, 6.07) is 6.08. The molecule has 146 valence electrons. The summed E-state index contributed by atoms with van der Waals surface area (Å²) in [6.07, 6.45) is 3.40. The van der Waals surface area contributed by atoms with E-state index in [0.717, 1.165) is 31.6 Å². The van der Waals surface area contributed by atoms with Crippen molar-refractivity contribution >= 4 is 5.91 Å². The Balaban J connectivity index is 1.40. The molecule has 4 heterocycles. The van der Waals surface area contributed by atoms with Crippen molar-refractivity contribution in [1.29, 1.82) is 0 Å². The third kappa shape index (κ3) is 3.06. The molecule has 0 bridgehead atoms. The molecular weight excluding hydrogens is 363 g/mol. The monoisotopic (exact) mass is 384 g/mol. The predicted octanol–water partition coefficient (Wildman–Crippen LogP) is 1.12. The van der Waals surface area contributed by atoms with Gasteiger partial charge in [0.05, 0.1) is 5.92 Å². The smallest absolute Gasteiger partial charge is 0.247 e. The van der Waals surface area contributed by atoms with Crippen molar-refractivity contribution in [2.45, 2.75) is 24.9 Å². The lowest BCUT2D eigenvalue weighted by Gasteiger charge is -2.38. The number of carbonyl (C=O) groups excluding carboxylic acids is 1.